The molecule has 0 unspecified atom stereocenters. The van der Waals surface area contributed by atoms with Crippen LogP contribution in [0, 0.1) is 13.8 Å². The Kier molecular flexibility index (Phi) is 4.87. The van der Waals surface area contributed by atoms with Crippen LogP contribution in [0.15, 0.2) is 24.4 Å². The summed E-state index contributed by atoms with van der Waals surface area (Å²) in [6, 6.07) is 4.04. The Bertz CT molecular complexity index is 1230. The van der Waals surface area contributed by atoms with Crippen molar-refractivity contribution in [3.05, 3.63) is 41.2 Å². The van der Waals surface area contributed by atoms with Crippen LogP contribution in [-0.4, -0.2) is 51.5 Å². The van der Waals surface area contributed by atoms with Crippen molar-refractivity contribution < 1.29 is 8.42 Å². The summed E-state index contributed by atoms with van der Waals surface area (Å²) in [5.74, 6) is 0.980. The van der Waals surface area contributed by atoms with E-state index in [4.69, 9.17) is 15.7 Å². The van der Waals surface area contributed by atoms with Crippen LogP contribution < -0.4 is 5.73 Å². The number of aromatic amines is 1. The molecule has 3 N–H and O–H groups in total. The smallest absolute Gasteiger partial charge is 0.214 e. The highest BCUT2D eigenvalue weighted by atomic mass is 32.2. The molecule has 3 heterocycles. The van der Waals surface area contributed by atoms with Gasteiger partial charge in [-0.25, -0.2) is 23.4 Å². The number of nitrogens with one attached hydrogen (secondary N) is 1. The maximum atomic E-state index is 12.1. The van der Waals surface area contributed by atoms with Crippen molar-refractivity contribution in [3.63, 3.8) is 0 Å². The molecule has 1 aromatic carbocycles. The minimum Gasteiger partial charge on any atom is -0.382 e. The zero-order chi connectivity index (χ0) is 20.8. The molecule has 0 bridgehead atoms. The van der Waals surface area contributed by atoms with Crippen molar-refractivity contribution in [2.75, 3.05) is 24.6 Å². The number of hydrogen-bond acceptors (Lipinski definition) is 6. The average Bonchev–Trinajstić information content (AvgIpc) is 3.16. The van der Waals surface area contributed by atoms with Gasteiger partial charge < -0.3 is 10.7 Å². The third kappa shape index (κ3) is 3.51. The van der Waals surface area contributed by atoms with E-state index in [1.807, 2.05) is 25.1 Å². The van der Waals surface area contributed by atoms with Gasteiger partial charge >= 0.3 is 0 Å². The number of rotatable bonds is 4. The first-order valence-electron chi connectivity index (χ1n) is 9.56. The lowest BCUT2D eigenvalue weighted by Gasteiger charge is -2.25. The lowest BCUT2D eigenvalue weighted by atomic mass is 10.1. The largest absolute Gasteiger partial charge is 0.382 e. The number of sulfonamides is 1. The molecule has 0 atom stereocenters. The number of nitrogen functional groups attached to an aromatic ring is 1. The second-order valence-electron chi connectivity index (χ2n) is 7.22. The van der Waals surface area contributed by atoms with Crippen molar-refractivity contribution in [2.45, 2.75) is 27.2 Å². The molecule has 2 aromatic heterocycles. The summed E-state index contributed by atoms with van der Waals surface area (Å²) < 4.78 is 25.6. The fourth-order valence-electron chi connectivity index (χ4n) is 3.47. The zero-order valence-electron chi connectivity index (χ0n) is 16.7. The van der Waals surface area contributed by atoms with Crippen LogP contribution in [0.5, 0.6) is 0 Å². The number of fused-ring (bicyclic) bond motifs is 1. The summed E-state index contributed by atoms with van der Waals surface area (Å²) >= 11 is 0. The standard InChI is InChI=1S/C20H24N6O2S/c1-4-29(27,28)26-9-7-14(8-10-26)16-11-22-19(21)18(23-16)20-24-15-6-5-12(2)13(3)17(15)25-20/h5-7,11H,4,8-10H2,1-3H3,(H2,21,22)(H,24,25). The van der Waals surface area contributed by atoms with Gasteiger partial charge in [-0.1, -0.05) is 12.1 Å². The number of nitrogens with two attached hydrogens (primary N) is 1. The van der Waals surface area contributed by atoms with Crippen LogP contribution in [0.2, 0.25) is 0 Å². The topological polar surface area (TPSA) is 118 Å². The third-order valence-electron chi connectivity index (χ3n) is 5.46. The number of anilines is 1. The third-order valence-corrected chi connectivity index (χ3v) is 7.31. The van der Waals surface area contributed by atoms with Crippen LogP contribution >= 0.6 is 0 Å². The van der Waals surface area contributed by atoms with E-state index in [2.05, 4.69) is 16.9 Å². The Morgan fingerprint density at radius 2 is 2.03 bits per heavy atom. The monoisotopic (exact) mass is 412 g/mol. The quantitative estimate of drug-likeness (QED) is 0.680. The number of aromatic nitrogens is 4. The fraction of sp³-hybridized carbons (Fsp3) is 0.350. The maximum Gasteiger partial charge on any atom is 0.214 e. The summed E-state index contributed by atoms with van der Waals surface area (Å²) in [7, 11) is -3.19. The summed E-state index contributed by atoms with van der Waals surface area (Å²) in [5.41, 5.74) is 12.3. The lowest BCUT2D eigenvalue weighted by molar-refractivity contribution is 0.442. The molecule has 1 aliphatic rings. The molecule has 0 radical (unpaired) electrons. The van der Waals surface area contributed by atoms with E-state index in [9.17, 15) is 8.42 Å². The van der Waals surface area contributed by atoms with Crippen LogP contribution in [0.25, 0.3) is 28.1 Å². The van der Waals surface area contributed by atoms with Crippen molar-refractivity contribution in [3.8, 4) is 11.5 Å². The summed E-state index contributed by atoms with van der Waals surface area (Å²) in [6.07, 6.45) is 4.11. The van der Waals surface area contributed by atoms with E-state index in [0.717, 1.165) is 22.2 Å². The molecule has 9 heteroatoms. The van der Waals surface area contributed by atoms with Gasteiger partial charge in [-0.2, -0.15) is 4.31 Å². The van der Waals surface area contributed by atoms with Gasteiger partial charge in [0.15, 0.2) is 11.6 Å². The van der Waals surface area contributed by atoms with Gasteiger partial charge in [0.1, 0.15) is 5.69 Å². The molecule has 0 saturated carbocycles. The molecule has 1 aliphatic heterocycles. The molecule has 0 aliphatic carbocycles. The fourth-order valence-corrected chi connectivity index (χ4v) is 4.51. The van der Waals surface area contributed by atoms with E-state index in [1.54, 1.807) is 13.1 Å². The summed E-state index contributed by atoms with van der Waals surface area (Å²) in [4.78, 5) is 17.0. The lowest BCUT2D eigenvalue weighted by Crippen LogP contribution is -2.35. The second kappa shape index (κ2) is 7.23. The van der Waals surface area contributed by atoms with Gasteiger partial charge in [-0.05, 0) is 50.0 Å². The molecule has 0 amide bonds. The second-order valence-corrected chi connectivity index (χ2v) is 9.47. The highest BCUT2D eigenvalue weighted by molar-refractivity contribution is 7.89. The molecule has 0 spiro atoms. The Morgan fingerprint density at radius 3 is 2.72 bits per heavy atom. The maximum absolute atomic E-state index is 12.1. The minimum atomic E-state index is -3.19. The highest BCUT2D eigenvalue weighted by Crippen LogP contribution is 2.28. The molecule has 8 nitrogen and oxygen atoms in total. The van der Waals surface area contributed by atoms with Gasteiger partial charge in [0.25, 0.3) is 0 Å². The van der Waals surface area contributed by atoms with Crippen molar-refractivity contribution in [1.29, 1.82) is 0 Å². The Balaban J connectivity index is 1.70. The van der Waals surface area contributed by atoms with E-state index < -0.39 is 10.0 Å². The van der Waals surface area contributed by atoms with Gasteiger partial charge in [0, 0.05) is 13.1 Å². The molecular weight excluding hydrogens is 388 g/mol. The first kappa shape index (κ1) is 19.5. The molecule has 0 fully saturated rings. The normalized spacial score (nSPS) is 15.6. The molecule has 29 heavy (non-hydrogen) atoms. The van der Waals surface area contributed by atoms with E-state index in [-0.39, 0.29) is 5.75 Å². The zero-order valence-corrected chi connectivity index (χ0v) is 17.5. The molecule has 0 saturated heterocycles. The SMILES string of the molecule is CCS(=O)(=O)N1CC=C(c2cnc(N)c(-c3nc4c(C)c(C)ccc4[nH]3)n2)CC1. The van der Waals surface area contributed by atoms with Crippen molar-refractivity contribution in [2.24, 2.45) is 0 Å². The number of hydrogen-bond donors (Lipinski definition) is 2. The number of aryl methyl sites for hydroxylation is 2. The van der Waals surface area contributed by atoms with E-state index in [1.165, 1.54) is 9.87 Å². The Morgan fingerprint density at radius 1 is 1.24 bits per heavy atom. The first-order chi connectivity index (χ1) is 13.8. The van der Waals surface area contributed by atoms with E-state index in [0.29, 0.717) is 42.5 Å². The van der Waals surface area contributed by atoms with Crippen LogP contribution in [0.4, 0.5) is 5.82 Å². The Labute approximate surface area is 169 Å². The molecular formula is C20H24N6O2S. The molecule has 3 aromatic rings. The van der Waals surface area contributed by atoms with Gasteiger partial charge in [0.05, 0.1) is 28.7 Å². The van der Waals surface area contributed by atoms with Crippen LogP contribution in [-0.2, 0) is 10.0 Å². The van der Waals surface area contributed by atoms with E-state index >= 15 is 0 Å². The first-order valence-corrected chi connectivity index (χ1v) is 11.2. The predicted molar refractivity (Wildman–Crippen MR) is 115 cm³/mol. The van der Waals surface area contributed by atoms with Crippen molar-refractivity contribution >= 4 is 32.4 Å². The summed E-state index contributed by atoms with van der Waals surface area (Å²) in [6.45, 7) is 6.53. The summed E-state index contributed by atoms with van der Waals surface area (Å²) in [5, 5.41) is 0. The van der Waals surface area contributed by atoms with Gasteiger partial charge in [-0.3, -0.25) is 0 Å². The number of H-pyrrole nitrogens is 1. The van der Waals surface area contributed by atoms with Crippen molar-refractivity contribution in [1.82, 2.24) is 24.2 Å². The number of benzene rings is 1. The number of imidazole rings is 1. The minimum absolute atomic E-state index is 0.104. The molecule has 4 rings (SSSR count). The highest BCUT2D eigenvalue weighted by Gasteiger charge is 2.24. The van der Waals surface area contributed by atoms with Gasteiger partial charge in [0.2, 0.25) is 10.0 Å². The average molecular weight is 413 g/mol. The van der Waals surface area contributed by atoms with Gasteiger partial charge in [-0.15, -0.1) is 0 Å². The van der Waals surface area contributed by atoms with Crippen LogP contribution in [0.1, 0.15) is 30.2 Å². The Hall–Kier alpha value is -2.78. The predicted octanol–water partition coefficient (Wildman–Crippen LogP) is 2.66. The number of nitrogens with zero attached hydrogens (tertiary/aromatic N) is 4. The molecule has 152 valence electrons. The van der Waals surface area contributed by atoms with Crippen LogP contribution in [0.3, 0.4) is 0 Å².